The van der Waals surface area contributed by atoms with E-state index < -0.39 is 11.6 Å². The van der Waals surface area contributed by atoms with Crippen LogP contribution in [0.5, 0.6) is 0 Å². The lowest BCUT2D eigenvalue weighted by molar-refractivity contribution is 0.0760. The Hall–Kier alpha value is -2.27. The number of rotatable bonds is 3. The van der Waals surface area contributed by atoms with E-state index in [1.807, 2.05) is 0 Å². The molecule has 2 aromatic rings. The Morgan fingerprint density at radius 1 is 0.960 bits per heavy atom. The van der Waals surface area contributed by atoms with Gasteiger partial charge in [0.05, 0.1) is 0 Å². The van der Waals surface area contributed by atoms with Gasteiger partial charge in [0, 0.05) is 38.3 Å². The van der Waals surface area contributed by atoms with E-state index in [9.17, 15) is 13.6 Å². The zero-order valence-corrected chi connectivity index (χ0v) is 14.3. The van der Waals surface area contributed by atoms with Gasteiger partial charge in [0.1, 0.15) is 0 Å². The van der Waals surface area contributed by atoms with Crippen molar-refractivity contribution in [3.8, 4) is 0 Å². The first-order chi connectivity index (χ1) is 12.0. The Labute approximate surface area is 146 Å². The van der Waals surface area contributed by atoms with Crippen LogP contribution in [0.1, 0.15) is 27.9 Å². The van der Waals surface area contributed by atoms with Crippen molar-refractivity contribution < 1.29 is 13.6 Å². The van der Waals surface area contributed by atoms with Gasteiger partial charge in [-0.3, -0.25) is 9.69 Å². The maximum Gasteiger partial charge on any atom is 0.254 e. The van der Waals surface area contributed by atoms with E-state index in [-0.39, 0.29) is 11.5 Å². The van der Waals surface area contributed by atoms with Crippen LogP contribution in [-0.4, -0.2) is 41.9 Å². The zero-order chi connectivity index (χ0) is 17.8. The maximum absolute atomic E-state index is 13.4. The van der Waals surface area contributed by atoms with Gasteiger partial charge in [-0.1, -0.05) is 29.8 Å². The molecule has 0 aromatic heterocycles. The summed E-state index contributed by atoms with van der Waals surface area (Å²) in [7, 11) is 0. The van der Waals surface area contributed by atoms with Gasteiger partial charge in [-0.25, -0.2) is 8.78 Å². The number of amides is 1. The quantitative estimate of drug-likeness (QED) is 0.849. The first kappa shape index (κ1) is 17.5. The second-order valence-corrected chi connectivity index (χ2v) is 6.54. The molecule has 1 amide bonds. The summed E-state index contributed by atoms with van der Waals surface area (Å²) in [5.41, 5.74) is 2.69. The van der Waals surface area contributed by atoms with Crippen molar-refractivity contribution in [3.05, 3.63) is 70.8 Å². The van der Waals surface area contributed by atoms with Gasteiger partial charge in [-0.2, -0.15) is 0 Å². The number of nitrogens with zero attached hydrogens (tertiary/aromatic N) is 2. The fourth-order valence-electron chi connectivity index (χ4n) is 3.10. The lowest BCUT2D eigenvalue weighted by Crippen LogP contribution is -2.35. The molecule has 1 heterocycles. The van der Waals surface area contributed by atoms with Crippen molar-refractivity contribution >= 4 is 5.91 Å². The standard InChI is InChI=1S/C20H22F2N2O/c1-15-3-5-16(6-4-15)14-23-9-2-10-24(12-11-23)20(25)17-7-8-18(21)19(22)13-17/h3-8,13H,2,9-12,14H2,1H3. The normalized spacial score (nSPS) is 15.9. The number of carbonyl (C=O) groups is 1. The van der Waals surface area contributed by atoms with Crippen LogP contribution >= 0.6 is 0 Å². The van der Waals surface area contributed by atoms with Gasteiger partial charge in [0.25, 0.3) is 5.91 Å². The number of halogens is 2. The second kappa shape index (κ2) is 7.74. The van der Waals surface area contributed by atoms with Crippen molar-refractivity contribution in [3.63, 3.8) is 0 Å². The predicted molar refractivity (Wildman–Crippen MR) is 93.3 cm³/mol. The lowest BCUT2D eigenvalue weighted by atomic mass is 10.1. The molecule has 1 aliphatic heterocycles. The number of aryl methyl sites for hydroxylation is 1. The molecule has 0 N–H and O–H groups in total. The predicted octanol–water partition coefficient (Wildman–Crippen LogP) is 3.62. The highest BCUT2D eigenvalue weighted by Crippen LogP contribution is 2.14. The first-order valence-electron chi connectivity index (χ1n) is 8.55. The monoisotopic (exact) mass is 344 g/mol. The van der Waals surface area contributed by atoms with Gasteiger partial charge < -0.3 is 4.90 Å². The number of hydrogen-bond acceptors (Lipinski definition) is 2. The van der Waals surface area contributed by atoms with Crippen LogP contribution in [-0.2, 0) is 6.54 Å². The van der Waals surface area contributed by atoms with Crippen molar-refractivity contribution in [1.82, 2.24) is 9.80 Å². The molecule has 0 spiro atoms. The zero-order valence-electron chi connectivity index (χ0n) is 14.3. The summed E-state index contributed by atoms with van der Waals surface area (Å²) in [6.45, 7) is 5.82. The van der Waals surface area contributed by atoms with Gasteiger partial charge in [-0.05, 0) is 37.1 Å². The Balaban J connectivity index is 1.61. The SMILES string of the molecule is Cc1ccc(CN2CCCN(C(=O)c3ccc(F)c(F)c3)CC2)cc1. The summed E-state index contributed by atoms with van der Waals surface area (Å²) in [6, 6.07) is 11.8. The number of hydrogen-bond donors (Lipinski definition) is 0. The molecular weight excluding hydrogens is 322 g/mol. The van der Waals surface area contributed by atoms with Gasteiger partial charge in [-0.15, -0.1) is 0 Å². The average molecular weight is 344 g/mol. The van der Waals surface area contributed by atoms with Crippen LogP contribution in [0, 0.1) is 18.6 Å². The Morgan fingerprint density at radius 2 is 1.72 bits per heavy atom. The molecule has 0 saturated carbocycles. The van der Waals surface area contributed by atoms with Crippen LogP contribution in [0.25, 0.3) is 0 Å². The van der Waals surface area contributed by atoms with E-state index >= 15 is 0 Å². The molecule has 0 aliphatic carbocycles. The minimum Gasteiger partial charge on any atom is -0.337 e. The van der Waals surface area contributed by atoms with Crippen LogP contribution in [0.15, 0.2) is 42.5 Å². The van der Waals surface area contributed by atoms with Gasteiger partial charge in [0.15, 0.2) is 11.6 Å². The smallest absolute Gasteiger partial charge is 0.254 e. The summed E-state index contributed by atoms with van der Waals surface area (Å²) in [5.74, 6) is -2.16. The highest BCUT2D eigenvalue weighted by molar-refractivity contribution is 5.94. The summed E-state index contributed by atoms with van der Waals surface area (Å²) in [4.78, 5) is 16.6. The van der Waals surface area contributed by atoms with Gasteiger partial charge in [0.2, 0.25) is 0 Å². The lowest BCUT2D eigenvalue weighted by Gasteiger charge is -2.22. The van der Waals surface area contributed by atoms with Crippen molar-refractivity contribution in [2.75, 3.05) is 26.2 Å². The summed E-state index contributed by atoms with van der Waals surface area (Å²) >= 11 is 0. The highest BCUT2D eigenvalue weighted by atomic mass is 19.2. The van der Waals surface area contributed by atoms with Crippen molar-refractivity contribution in [2.24, 2.45) is 0 Å². The molecule has 5 heteroatoms. The Morgan fingerprint density at radius 3 is 2.44 bits per heavy atom. The number of carbonyl (C=O) groups excluding carboxylic acids is 1. The minimum atomic E-state index is -0.985. The third-order valence-corrected chi connectivity index (χ3v) is 4.57. The fraction of sp³-hybridized carbons (Fsp3) is 0.350. The highest BCUT2D eigenvalue weighted by Gasteiger charge is 2.21. The van der Waals surface area contributed by atoms with E-state index in [1.165, 1.54) is 17.2 Å². The van der Waals surface area contributed by atoms with E-state index in [0.29, 0.717) is 13.1 Å². The molecule has 0 atom stereocenters. The van der Waals surface area contributed by atoms with E-state index in [4.69, 9.17) is 0 Å². The van der Waals surface area contributed by atoms with E-state index in [1.54, 1.807) is 4.90 Å². The minimum absolute atomic E-state index is 0.200. The summed E-state index contributed by atoms with van der Waals surface area (Å²) in [6.07, 6.45) is 0.862. The van der Waals surface area contributed by atoms with E-state index in [2.05, 4.69) is 36.1 Å². The molecule has 2 aromatic carbocycles. The largest absolute Gasteiger partial charge is 0.337 e. The Bertz CT molecular complexity index is 746. The average Bonchev–Trinajstić information content (AvgIpc) is 2.84. The van der Waals surface area contributed by atoms with Crippen LogP contribution < -0.4 is 0 Å². The van der Waals surface area contributed by atoms with Gasteiger partial charge >= 0.3 is 0 Å². The molecule has 3 rings (SSSR count). The Kier molecular flexibility index (Phi) is 5.43. The van der Waals surface area contributed by atoms with E-state index in [0.717, 1.165) is 38.2 Å². The number of benzene rings is 2. The molecule has 25 heavy (non-hydrogen) atoms. The molecule has 1 aliphatic rings. The third kappa shape index (κ3) is 4.42. The molecular formula is C20H22F2N2O. The van der Waals surface area contributed by atoms with Crippen LogP contribution in [0.3, 0.4) is 0 Å². The molecule has 0 radical (unpaired) electrons. The van der Waals surface area contributed by atoms with Crippen LogP contribution in [0.4, 0.5) is 8.78 Å². The summed E-state index contributed by atoms with van der Waals surface area (Å²) in [5, 5.41) is 0. The molecule has 1 fully saturated rings. The van der Waals surface area contributed by atoms with Crippen molar-refractivity contribution in [1.29, 1.82) is 0 Å². The molecule has 0 bridgehead atoms. The second-order valence-electron chi connectivity index (χ2n) is 6.54. The van der Waals surface area contributed by atoms with Crippen LogP contribution in [0.2, 0.25) is 0 Å². The summed E-state index contributed by atoms with van der Waals surface area (Å²) < 4.78 is 26.4. The fourth-order valence-corrected chi connectivity index (χ4v) is 3.10. The maximum atomic E-state index is 13.4. The third-order valence-electron chi connectivity index (χ3n) is 4.57. The van der Waals surface area contributed by atoms with Crippen molar-refractivity contribution in [2.45, 2.75) is 19.9 Å². The topological polar surface area (TPSA) is 23.6 Å². The first-order valence-corrected chi connectivity index (χ1v) is 8.55. The molecule has 3 nitrogen and oxygen atoms in total. The molecule has 132 valence electrons. The molecule has 1 saturated heterocycles. The molecule has 0 unspecified atom stereocenters.